The third-order valence-corrected chi connectivity index (χ3v) is 4.07. The predicted octanol–water partition coefficient (Wildman–Crippen LogP) is 3.19. The van der Waals surface area contributed by atoms with E-state index in [-0.39, 0.29) is 24.4 Å². The van der Waals surface area contributed by atoms with Crippen LogP contribution in [0.2, 0.25) is 0 Å². The number of halogens is 2. The lowest BCUT2D eigenvalue weighted by atomic mass is 10.1. The van der Waals surface area contributed by atoms with Crippen LogP contribution in [0.4, 0.5) is 0 Å². The smallest absolute Gasteiger partial charge is 0.222 e. The molecule has 1 aliphatic rings. The predicted molar refractivity (Wildman–Crippen MR) is 83.6 cm³/mol. The van der Waals surface area contributed by atoms with Crippen LogP contribution in [0.3, 0.4) is 0 Å². The molecular weight excluding hydrogens is 328 g/mol. The number of nitrogens with one attached hydrogen (secondary N) is 2. The minimum atomic E-state index is 0. The zero-order valence-electron chi connectivity index (χ0n) is 11.0. The van der Waals surface area contributed by atoms with Crippen molar-refractivity contribution >= 4 is 34.2 Å². The van der Waals surface area contributed by atoms with E-state index in [1.807, 2.05) is 31.2 Å². The molecule has 2 unspecified atom stereocenters. The SMILES string of the molecule is CC(NC(=O)CC1CCCN1)c1ccccc1Br.Cl. The van der Waals surface area contributed by atoms with E-state index in [4.69, 9.17) is 0 Å². The fraction of sp³-hybridized carbons (Fsp3) is 0.500. The van der Waals surface area contributed by atoms with Crippen molar-refractivity contribution in [3.05, 3.63) is 34.3 Å². The van der Waals surface area contributed by atoms with Gasteiger partial charge in [0.25, 0.3) is 0 Å². The van der Waals surface area contributed by atoms with Crippen LogP contribution in [0, 0.1) is 0 Å². The van der Waals surface area contributed by atoms with Crippen LogP contribution < -0.4 is 10.6 Å². The molecule has 1 fully saturated rings. The monoisotopic (exact) mass is 346 g/mol. The summed E-state index contributed by atoms with van der Waals surface area (Å²) in [4.78, 5) is 11.9. The Balaban J connectivity index is 0.00000180. The number of carbonyl (C=O) groups excluding carboxylic acids is 1. The van der Waals surface area contributed by atoms with Gasteiger partial charge in [0, 0.05) is 16.9 Å². The topological polar surface area (TPSA) is 41.1 Å². The Labute approximate surface area is 129 Å². The van der Waals surface area contributed by atoms with Crippen molar-refractivity contribution in [2.75, 3.05) is 6.54 Å². The van der Waals surface area contributed by atoms with Gasteiger partial charge in [-0.25, -0.2) is 0 Å². The second-order valence-corrected chi connectivity index (χ2v) is 5.66. The molecule has 3 nitrogen and oxygen atoms in total. The van der Waals surface area contributed by atoms with Crippen molar-refractivity contribution in [1.82, 2.24) is 10.6 Å². The summed E-state index contributed by atoms with van der Waals surface area (Å²) in [6, 6.07) is 8.39. The van der Waals surface area contributed by atoms with Crippen LogP contribution in [0.5, 0.6) is 0 Å². The van der Waals surface area contributed by atoms with Gasteiger partial charge < -0.3 is 10.6 Å². The van der Waals surface area contributed by atoms with Crippen LogP contribution in [-0.4, -0.2) is 18.5 Å². The second-order valence-electron chi connectivity index (χ2n) is 4.81. The normalized spacial score (nSPS) is 19.6. The van der Waals surface area contributed by atoms with E-state index in [9.17, 15) is 4.79 Å². The molecule has 5 heteroatoms. The number of hydrogen-bond donors (Lipinski definition) is 2. The molecule has 2 N–H and O–H groups in total. The largest absolute Gasteiger partial charge is 0.349 e. The van der Waals surface area contributed by atoms with Crippen molar-refractivity contribution in [3.8, 4) is 0 Å². The van der Waals surface area contributed by atoms with Gasteiger partial charge >= 0.3 is 0 Å². The molecule has 1 heterocycles. The van der Waals surface area contributed by atoms with Gasteiger partial charge in [-0.05, 0) is 37.9 Å². The standard InChI is InChI=1S/C14H19BrN2O.ClH/c1-10(12-6-2-3-7-13(12)15)17-14(18)9-11-5-4-8-16-11;/h2-3,6-7,10-11,16H,4-5,8-9H2,1H3,(H,17,18);1H. The summed E-state index contributed by atoms with van der Waals surface area (Å²) in [6.45, 7) is 3.05. The van der Waals surface area contributed by atoms with Crippen LogP contribution >= 0.6 is 28.3 Å². The number of amides is 1. The van der Waals surface area contributed by atoms with Crippen LogP contribution in [0.15, 0.2) is 28.7 Å². The van der Waals surface area contributed by atoms with Crippen molar-refractivity contribution in [2.24, 2.45) is 0 Å². The third kappa shape index (κ3) is 4.79. The molecule has 106 valence electrons. The maximum absolute atomic E-state index is 11.9. The third-order valence-electron chi connectivity index (χ3n) is 3.34. The Morgan fingerprint density at radius 1 is 1.53 bits per heavy atom. The Bertz CT molecular complexity index is 422. The molecule has 0 spiro atoms. The summed E-state index contributed by atoms with van der Waals surface area (Å²) in [5, 5.41) is 6.40. The summed E-state index contributed by atoms with van der Waals surface area (Å²) >= 11 is 3.51. The van der Waals surface area contributed by atoms with Gasteiger partial charge in [0.1, 0.15) is 0 Å². The van der Waals surface area contributed by atoms with Gasteiger partial charge in [0.15, 0.2) is 0 Å². The first kappa shape index (κ1) is 16.5. The van der Waals surface area contributed by atoms with E-state index >= 15 is 0 Å². The fourth-order valence-corrected chi connectivity index (χ4v) is 2.99. The number of rotatable bonds is 4. The summed E-state index contributed by atoms with van der Waals surface area (Å²) < 4.78 is 1.04. The Kier molecular flexibility index (Phi) is 6.83. The number of benzene rings is 1. The minimum Gasteiger partial charge on any atom is -0.349 e. The van der Waals surface area contributed by atoms with Crippen LogP contribution in [0.1, 0.15) is 37.8 Å². The molecule has 1 amide bonds. The zero-order valence-corrected chi connectivity index (χ0v) is 13.4. The van der Waals surface area contributed by atoms with Crippen LogP contribution in [0.25, 0.3) is 0 Å². The van der Waals surface area contributed by atoms with E-state index in [2.05, 4.69) is 26.6 Å². The van der Waals surface area contributed by atoms with Gasteiger partial charge in [0.05, 0.1) is 6.04 Å². The molecule has 1 aliphatic heterocycles. The molecule has 0 aliphatic carbocycles. The van der Waals surface area contributed by atoms with E-state index in [0.717, 1.165) is 23.0 Å². The van der Waals surface area contributed by atoms with Crippen molar-refractivity contribution in [3.63, 3.8) is 0 Å². The summed E-state index contributed by atoms with van der Waals surface area (Å²) in [7, 11) is 0. The highest BCUT2D eigenvalue weighted by Gasteiger charge is 2.19. The maximum atomic E-state index is 11.9. The van der Waals surface area contributed by atoms with Crippen molar-refractivity contribution < 1.29 is 4.79 Å². The summed E-state index contributed by atoms with van der Waals surface area (Å²) in [6.07, 6.45) is 2.86. The number of carbonyl (C=O) groups is 1. The molecule has 0 aromatic heterocycles. The van der Waals surface area contributed by atoms with Gasteiger partial charge in [-0.2, -0.15) is 0 Å². The summed E-state index contributed by atoms with van der Waals surface area (Å²) in [5.41, 5.74) is 1.12. The molecule has 19 heavy (non-hydrogen) atoms. The molecular formula is C14H20BrClN2O. The highest BCUT2D eigenvalue weighted by Crippen LogP contribution is 2.22. The van der Waals surface area contributed by atoms with E-state index in [1.165, 1.54) is 6.42 Å². The zero-order chi connectivity index (χ0) is 13.0. The molecule has 1 saturated heterocycles. The number of hydrogen-bond acceptors (Lipinski definition) is 2. The van der Waals surface area contributed by atoms with Gasteiger partial charge in [0.2, 0.25) is 5.91 Å². The molecule has 2 rings (SSSR count). The first-order valence-electron chi connectivity index (χ1n) is 6.44. The quantitative estimate of drug-likeness (QED) is 0.878. The molecule has 1 aromatic carbocycles. The summed E-state index contributed by atoms with van der Waals surface area (Å²) in [5.74, 6) is 0.123. The van der Waals surface area contributed by atoms with Gasteiger partial charge in [-0.15, -0.1) is 12.4 Å². The first-order valence-corrected chi connectivity index (χ1v) is 7.23. The molecule has 0 bridgehead atoms. The Morgan fingerprint density at radius 3 is 2.89 bits per heavy atom. The second kappa shape index (κ2) is 7.88. The Morgan fingerprint density at radius 2 is 2.26 bits per heavy atom. The highest BCUT2D eigenvalue weighted by atomic mass is 79.9. The van der Waals surface area contributed by atoms with E-state index < -0.39 is 0 Å². The molecule has 0 saturated carbocycles. The lowest BCUT2D eigenvalue weighted by Gasteiger charge is -2.17. The van der Waals surface area contributed by atoms with Crippen molar-refractivity contribution in [1.29, 1.82) is 0 Å². The average molecular weight is 348 g/mol. The Hall–Kier alpha value is -0.580. The lowest BCUT2D eigenvalue weighted by Crippen LogP contribution is -2.33. The highest BCUT2D eigenvalue weighted by molar-refractivity contribution is 9.10. The molecule has 1 aromatic rings. The first-order chi connectivity index (χ1) is 8.66. The fourth-order valence-electron chi connectivity index (χ4n) is 2.36. The van der Waals surface area contributed by atoms with Crippen LogP contribution in [-0.2, 0) is 4.79 Å². The maximum Gasteiger partial charge on any atom is 0.222 e. The van der Waals surface area contributed by atoms with E-state index in [0.29, 0.717) is 12.5 Å². The van der Waals surface area contributed by atoms with Gasteiger partial charge in [-0.1, -0.05) is 34.1 Å². The van der Waals surface area contributed by atoms with Gasteiger partial charge in [-0.3, -0.25) is 4.79 Å². The molecule has 2 atom stereocenters. The molecule has 0 radical (unpaired) electrons. The average Bonchev–Trinajstić information content (AvgIpc) is 2.82. The lowest BCUT2D eigenvalue weighted by molar-refractivity contribution is -0.122. The minimum absolute atomic E-state index is 0. The van der Waals surface area contributed by atoms with Crippen molar-refractivity contribution in [2.45, 2.75) is 38.3 Å². The van der Waals surface area contributed by atoms with E-state index in [1.54, 1.807) is 0 Å².